The van der Waals surface area contributed by atoms with Gasteiger partial charge in [-0.15, -0.1) is 0 Å². The van der Waals surface area contributed by atoms with Gasteiger partial charge in [0.25, 0.3) is 0 Å². The molecule has 0 saturated heterocycles. The Hall–Kier alpha value is -2.16. The van der Waals surface area contributed by atoms with Gasteiger partial charge in [0.1, 0.15) is 5.82 Å². The Morgan fingerprint density at radius 3 is 2.69 bits per heavy atom. The molecule has 0 amide bonds. The zero-order chi connectivity index (χ0) is 18.9. The van der Waals surface area contributed by atoms with E-state index in [9.17, 15) is 4.39 Å². The first kappa shape index (κ1) is 18.6. The van der Waals surface area contributed by atoms with Crippen molar-refractivity contribution in [1.29, 1.82) is 0 Å². The number of nitrogens with zero attached hydrogens (tertiary/aromatic N) is 2. The summed E-state index contributed by atoms with van der Waals surface area (Å²) in [6.07, 6.45) is 4.06. The molecule has 1 atom stereocenters. The normalized spacial score (nSPS) is 19.0. The molecule has 0 radical (unpaired) electrons. The standard InChI is InChI=1S/C23H29FN2/c1-6-11-26-22-12-16(2)18(13-19(22)17(3)14-23(26,4)5)15-25-21-10-8-7-9-20(21)24/h7-10,12-13,15,17H,6,11,14H2,1-5H3. The molecule has 0 aromatic heterocycles. The Balaban J connectivity index is 2.02. The Morgan fingerprint density at radius 2 is 2.00 bits per heavy atom. The number of halogens is 1. The van der Waals surface area contributed by atoms with Crippen molar-refractivity contribution in [1.82, 2.24) is 0 Å². The second-order valence-electron chi connectivity index (χ2n) is 8.05. The maximum Gasteiger partial charge on any atom is 0.148 e. The van der Waals surface area contributed by atoms with Gasteiger partial charge >= 0.3 is 0 Å². The maximum atomic E-state index is 13.8. The molecule has 0 aliphatic carbocycles. The van der Waals surface area contributed by atoms with Crippen molar-refractivity contribution < 1.29 is 4.39 Å². The molecule has 2 aromatic carbocycles. The fourth-order valence-electron chi connectivity index (χ4n) is 4.13. The minimum absolute atomic E-state index is 0.164. The number of aryl methyl sites for hydroxylation is 1. The van der Waals surface area contributed by atoms with E-state index in [0.29, 0.717) is 11.6 Å². The molecule has 0 saturated carbocycles. The lowest BCUT2D eigenvalue weighted by Crippen LogP contribution is -2.48. The molecule has 138 valence electrons. The predicted octanol–water partition coefficient (Wildman–Crippen LogP) is 6.39. The zero-order valence-corrected chi connectivity index (χ0v) is 16.5. The van der Waals surface area contributed by atoms with Crippen LogP contribution in [0, 0.1) is 12.7 Å². The third kappa shape index (κ3) is 3.53. The second-order valence-corrected chi connectivity index (χ2v) is 8.05. The van der Waals surface area contributed by atoms with Crippen LogP contribution < -0.4 is 4.90 Å². The minimum atomic E-state index is -0.288. The molecular formula is C23H29FN2. The van der Waals surface area contributed by atoms with Crippen LogP contribution in [0.2, 0.25) is 0 Å². The molecule has 1 unspecified atom stereocenters. The van der Waals surface area contributed by atoms with Crippen molar-refractivity contribution in [3.63, 3.8) is 0 Å². The van der Waals surface area contributed by atoms with E-state index >= 15 is 0 Å². The van der Waals surface area contributed by atoms with Crippen LogP contribution in [0.3, 0.4) is 0 Å². The van der Waals surface area contributed by atoms with Crippen molar-refractivity contribution in [3.05, 3.63) is 58.9 Å². The molecule has 0 spiro atoms. The third-order valence-electron chi connectivity index (χ3n) is 5.42. The quantitative estimate of drug-likeness (QED) is 0.582. The third-order valence-corrected chi connectivity index (χ3v) is 5.42. The van der Waals surface area contributed by atoms with Crippen molar-refractivity contribution in [2.24, 2.45) is 4.99 Å². The highest BCUT2D eigenvalue weighted by Gasteiger charge is 2.36. The maximum absolute atomic E-state index is 13.8. The Labute approximate surface area is 156 Å². The monoisotopic (exact) mass is 352 g/mol. The molecule has 0 N–H and O–H groups in total. The van der Waals surface area contributed by atoms with Crippen LogP contribution in [0.5, 0.6) is 0 Å². The van der Waals surface area contributed by atoms with E-state index in [1.165, 1.54) is 22.9 Å². The van der Waals surface area contributed by atoms with Gasteiger partial charge < -0.3 is 4.90 Å². The fourth-order valence-corrected chi connectivity index (χ4v) is 4.13. The van der Waals surface area contributed by atoms with Crippen molar-refractivity contribution in [2.75, 3.05) is 11.4 Å². The van der Waals surface area contributed by atoms with Crippen LogP contribution in [0.1, 0.15) is 63.1 Å². The number of fused-ring (bicyclic) bond motifs is 1. The molecule has 1 heterocycles. The van der Waals surface area contributed by atoms with Crippen LogP contribution in [-0.2, 0) is 0 Å². The first-order valence-electron chi connectivity index (χ1n) is 9.54. The summed E-state index contributed by atoms with van der Waals surface area (Å²) in [6, 6.07) is 11.2. The molecule has 3 heteroatoms. The number of benzene rings is 2. The molecule has 26 heavy (non-hydrogen) atoms. The molecule has 1 aliphatic rings. The van der Waals surface area contributed by atoms with Crippen LogP contribution >= 0.6 is 0 Å². The molecule has 0 fully saturated rings. The largest absolute Gasteiger partial charge is 0.366 e. The van der Waals surface area contributed by atoms with E-state index < -0.39 is 0 Å². The Kier molecular flexibility index (Phi) is 5.17. The van der Waals surface area contributed by atoms with Crippen LogP contribution in [0.25, 0.3) is 0 Å². The van der Waals surface area contributed by atoms with E-state index in [4.69, 9.17) is 0 Å². The molecule has 0 bridgehead atoms. The van der Waals surface area contributed by atoms with Gasteiger partial charge in [-0.2, -0.15) is 0 Å². The van der Waals surface area contributed by atoms with Gasteiger partial charge in [-0.3, -0.25) is 4.99 Å². The molecule has 2 aromatic rings. The van der Waals surface area contributed by atoms with E-state index in [2.05, 4.69) is 56.6 Å². The lowest BCUT2D eigenvalue weighted by molar-refractivity contribution is 0.376. The van der Waals surface area contributed by atoms with Gasteiger partial charge in [-0.25, -0.2) is 4.39 Å². The highest BCUT2D eigenvalue weighted by Crippen LogP contribution is 2.44. The Bertz CT molecular complexity index is 823. The van der Waals surface area contributed by atoms with Gasteiger partial charge in [-0.05, 0) is 80.5 Å². The summed E-state index contributed by atoms with van der Waals surface area (Å²) in [7, 11) is 0. The molecule has 1 aliphatic heterocycles. The number of para-hydroxylation sites is 1. The summed E-state index contributed by atoms with van der Waals surface area (Å²) in [5.74, 6) is 0.206. The zero-order valence-electron chi connectivity index (χ0n) is 16.5. The van der Waals surface area contributed by atoms with Crippen LogP contribution in [0.4, 0.5) is 15.8 Å². The number of hydrogen-bond acceptors (Lipinski definition) is 2. The number of anilines is 1. The van der Waals surface area contributed by atoms with Crippen molar-refractivity contribution in [3.8, 4) is 0 Å². The summed E-state index contributed by atoms with van der Waals surface area (Å²) in [4.78, 5) is 6.93. The summed E-state index contributed by atoms with van der Waals surface area (Å²) in [6.45, 7) is 12.4. The smallest absolute Gasteiger partial charge is 0.148 e. The van der Waals surface area contributed by atoms with Gasteiger partial charge in [0.05, 0.1) is 5.69 Å². The van der Waals surface area contributed by atoms with Crippen LogP contribution in [0.15, 0.2) is 41.4 Å². The van der Waals surface area contributed by atoms with E-state index in [0.717, 1.165) is 24.9 Å². The van der Waals surface area contributed by atoms with Crippen molar-refractivity contribution >= 4 is 17.6 Å². The van der Waals surface area contributed by atoms with Gasteiger partial charge in [0.15, 0.2) is 0 Å². The predicted molar refractivity (Wildman–Crippen MR) is 110 cm³/mol. The van der Waals surface area contributed by atoms with Gasteiger partial charge in [-0.1, -0.05) is 26.0 Å². The molecule has 2 nitrogen and oxygen atoms in total. The first-order chi connectivity index (χ1) is 12.3. The average molecular weight is 352 g/mol. The summed E-state index contributed by atoms with van der Waals surface area (Å²) in [5, 5.41) is 0. The highest BCUT2D eigenvalue weighted by molar-refractivity contribution is 5.86. The summed E-state index contributed by atoms with van der Waals surface area (Å²) >= 11 is 0. The molecule has 3 rings (SSSR count). The minimum Gasteiger partial charge on any atom is -0.366 e. The molecular weight excluding hydrogens is 323 g/mol. The van der Waals surface area contributed by atoms with Crippen LogP contribution in [-0.4, -0.2) is 18.3 Å². The SMILES string of the molecule is CCCN1c2cc(C)c(C=Nc3ccccc3F)cc2C(C)CC1(C)C. The highest BCUT2D eigenvalue weighted by atomic mass is 19.1. The number of rotatable bonds is 4. The number of aliphatic imine (C=N–C) groups is 1. The van der Waals surface area contributed by atoms with Gasteiger partial charge in [0, 0.05) is 24.0 Å². The summed E-state index contributed by atoms with van der Waals surface area (Å²) in [5.41, 5.74) is 5.50. The van der Waals surface area contributed by atoms with E-state index in [1.807, 2.05) is 6.07 Å². The van der Waals surface area contributed by atoms with E-state index in [1.54, 1.807) is 18.3 Å². The lowest BCUT2D eigenvalue weighted by Gasteiger charge is -2.48. The number of hydrogen-bond donors (Lipinski definition) is 0. The summed E-state index contributed by atoms with van der Waals surface area (Å²) < 4.78 is 13.8. The van der Waals surface area contributed by atoms with Crippen molar-refractivity contribution in [2.45, 2.75) is 58.9 Å². The second kappa shape index (κ2) is 7.22. The Morgan fingerprint density at radius 1 is 1.27 bits per heavy atom. The lowest BCUT2D eigenvalue weighted by atomic mass is 9.79. The topological polar surface area (TPSA) is 15.6 Å². The first-order valence-corrected chi connectivity index (χ1v) is 9.54. The fraction of sp³-hybridized carbons (Fsp3) is 0.435. The van der Waals surface area contributed by atoms with Gasteiger partial charge in [0.2, 0.25) is 0 Å². The average Bonchev–Trinajstić information content (AvgIpc) is 2.58. The van der Waals surface area contributed by atoms with E-state index in [-0.39, 0.29) is 11.4 Å².